The number of halogens is 1. The Morgan fingerprint density at radius 3 is 1.80 bits per heavy atom. The second kappa shape index (κ2) is 43.8. The number of phenols is 2. The largest absolute Gasteiger partial charge is 0.508 e. The van der Waals surface area contributed by atoms with E-state index in [1.165, 1.54) is 56.3 Å². The van der Waals surface area contributed by atoms with Crippen LogP contribution in [-0.4, -0.2) is 258 Å². The molecule has 600 valence electrons. The van der Waals surface area contributed by atoms with Crippen molar-refractivity contribution in [1.82, 2.24) is 74.0 Å². The molecule has 27 N–H and O–H groups in total. The summed E-state index contributed by atoms with van der Waals surface area (Å²) in [6, 6.07) is -13.4. The van der Waals surface area contributed by atoms with Gasteiger partial charge in [0.1, 0.15) is 84.0 Å². The number of nitrogens with one attached hydrogen (secondary N) is 14. The first kappa shape index (κ1) is 90.3. The number of hydrogen-bond acceptors (Lipinski definition) is 25. The molecule has 2 aromatic carbocycles. The Kier molecular flexibility index (Phi) is 36.3. The van der Waals surface area contributed by atoms with Crippen LogP contribution >= 0.6 is 65.8 Å². The van der Waals surface area contributed by atoms with Crippen LogP contribution in [0.1, 0.15) is 89.7 Å². The first-order valence-electron chi connectivity index (χ1n) is 34.0. The van der Waals surface area contributed by atoms with Gasteiger partial charge in [0.25, 0.3) is 0 Å². The van der Waals surface area contributed by atoms with Crippen molar-refractivity contribution in [3.05, 3.63) is 57.2 Å². The number of rotatable bonds is 23. The highest BCUT2D eigenvalue weighted by Gasteiger charge is 2.44. The summed E-state index contributed by atoms with van der Waals surface area (Å²) in [5, 5.41) is 92.2. The van der Waals surface area contributed by atoms with Gasteiger partial charge in [0.05, 0.1) is 22.6 Å². The Morgan fingerprint density at radius 2 is 1.20 bits per heavy atom. The van der Waals surface area contributed by atoms with Crippen LogP contribution in [0.5, 0.6) is 11.5 Å². The molecule has 2 aromatic rings. The predicted molar refractivity (Wildman–Crippen MR) is 406 cm³/mol. The molecule has 3 aliphatic rings. The summed E-state index contributed by atoms with van der Waals surface area (Å²) in [4.78, 5) is 228. The van der Waals surface area contributed by atoms with E-state index in [9.17, 15) is 78.3 Å². The number of aliphatic hydroxyl groups excluding tert-OH is 1. The van der Waals surface area contributed by atoms with Crippen molar-refractivity contribution in [3.63, 3.8) is 0 Å². The minimum atomic E-state index is -2.10. The van der Waals surface area contributed by atoms with Gasteiger partial charge in [0, 0.05) is 60.9 Å². The van der Waals surface area contributed by atoms with Crippen LogP contribution in [-0.2, 0) is 84.8 Å². The average Bonchev–Trinajstić information content (AvgIpc) is 1.72. The van der Waals surface area contributed by atoms with Crippen molar-refractivity contribution in [1.29, 1.82) is 5.41 Å². The molecule has 0 unspecified atom stereocenters. The molecule has 3 aliphatic heterocycles. The molecule has 45 heteroatoms. The molecule has 0 radical (unpaired) electrons. The second-order valence-corrected chi connectivity index (χ2v) is 32.6. The summed E-state index contributed by atoms with van der Waals surface area (Å²) in [5.41, 5.74) is 22.8. The van der Waals surface area contributed by atoms with Crippen molar-refractivity contribution in [2.75, 3.05) is 43.4 Å². The molecule has 13 atom stereocenters. The van der Waals surface area contributed by atoms with Gasteiger partial charge in [-0.15, -0.1) is 0 Å². The molecular weight excluding hydrogens is 1630 g/mol. The second-order valence-electron chi connectivity index (χ2n) is 25.9. The van der Waals surface area contributed by atoms with Crippen LogP contribution in [0.2, 0.25) is 0 Å². The van der Waals surface area contributed by atoms with E-state index in [0.29, 0.717) is 27.2 Å². The maximum absolute atomic E-state index is 15.3. The number of carboxylic acid groups (broad SMARTS) is 2. The lowest BCUT2D eigenvalue weighted by Gasteiger charge is -2.34. The molecule has 5 rings (SSSR count). The molecule has 0 aromatic heterocycles. The van der Waals surface area contributed by atoms with E-state index in [1.54, 1.807) is 22.6 Å². The monoisotopic (exact) mass is 1720 g/mol. The molecular formula is C64H92IN19O21S4. The van der Waals surface area contributed by atoms with E-state index in [-0.39, 0.29) is 72.4 Å². The molecule has 0 aliphatic carbocycles. The molecule has 3 fully saturated rings. The Balaban J connectivity index is 1.81. The molecule has 0 spiro atoms. The van der Waals surface area contributed by atoms with Gasteiger partial charge in [-0.05, 0) is 124 Å². The number of aromatic hydroxyl groups is 2. The number of hydrogen-bond donors (Lipinski definition) is 23. The molecule has 40 nitrogen and oxygen atoms in total. The van der Waals surface area contributed by atoms with E-state index in [1.807, 2.05) is 0 Å². The van der Waals surface area contributed by atoms with E-state index < -0.39 is 246 Å². The van der Waals surface area contributed by atoms with Crippen LogP contribution < -0.4 is 92.1 Å². The van der Waals surface area contributed by atoms with Crippen molar-refractivity contribution in [2.45, 2.75) is 175 Å². The van der Waals surface area contributed by atoms with Gasteiger partial charge in [-0.3, -0.25) is 72.5 Å². The van der Waals surface area contributed by atoms with Gasteiger partial charge in [-0.2, -0.15) is 0 Å². The number of carbonyl (C=O) groups excluding carboxylic acids is 14. The predicted octanol–water partition coefficient (Wildman–Crippen LogP) is -5.74. The Hall–Kier alpha value is -9.32. The fourth-order valence-corrected chi connectivity index (χ4v) is 16.9. The highest BCUT2D eigenvalue weighted by Crippen LogP contribution is 2.39. The third-order valence-corrected chi connectivity index (χ3v) is 23.5. The van der Waals surface area contributed by atoms with Gasteiger partial charge >= 0.3 is 18.0 Å². The summed E-state index contributed by atoms with van der Waals surface area (Å²) in [6.07, 6.45) is -6.00. The zero-order valence-corrected chi connectivity index (χ0v) is 64.7. The lowest BCUT2D eigenvalue weighted by Crippen LogP contribution is -2.63. The molecule has 3 heterocycles. The fourth-order valence-electron chi connectivity index (χ4n) is 11.1. The Bertz CT molecular complexity index is 3680. The molecule has 0 saturated carbocycles. The van der Waals surface area contributed by atoms with Gasteiger partial charge in [-0.25, -0.2) is 9.59 Å². The zero-order chi connectivity index (χ0) is 81.0. The van der Waals surface area contributed by atoms with Crippen molar-refractivity contribution in [3.8, 4) is 11.5 Å². The number of fused-ring (bicyclic) bond motifs is 9. The first-order valence-corrected chi connectivity index (χ1v) is 39.9. The number of urea groups is 1. The number of phenolic OH excluding ortho intramolecular Hbond substituents is 2. The molecule has 2 bridgehead atoms. The zero-order valence-electron chi connectivity index (χ0n) is 59.3. The van der Waals surface area contributed by atoms with E-state index in [4.69, 9.17) is 28.3 Å². The number of carbonyl (C=O) groups is 16. The molecule has 15 amide bonds. The smallest absolute Gasteiger partial charge is 0.326 e. The first-order chi connectivity index (χ1) is 51.4. The Morgan fingerprint density at radius 1 is 0.661 bits per heavy atom. The van der Waals surface area contributed by atoms with Gasteiger partial charge in [-0.1, -0.05) is 61.4 Å². The summed E-state index contributed by atoms with van der Waals surface area (Å²) in [5.74, 6) is -20.7. The summed E-state index contributed by atoms with van der Waals surface area (Å²) in [6.45, 7) is 2.67. The average molecular weight is 1720 g/mol. The highest BCUT2D eigenvalue weighted by molar-refractivity contribution is 14.1. The van der Waals surface area contributed by atoms with Gasteiger partial charge in [0.2, 0.25) is 76.8 Å². The Labute approximate surface area is 654 Å². The minimum Gasteiger partial charge on any atom is -0.508 e. The normalized spacial score (nSPS) is 24.6. The number of primary amides is 2. The van der Waals surface area contributed by atoms with Crippen LogP contribution in [0.15, 0.2) is 42.5 Å². The van der Waals surface area contributed by atoms with Gasteiger partial charge < -0.3 is 122 Å². The van der Waals surface area contributed by atoms with Crippen LogP contribution in [0, 0.1) is 8.98 Å². The standard InChI is InChI=1S/C64H92IN19O21S4/c1-29(85)48-58(100)77-38(24-47(90)91)60(102)84-20-6-9-43(84)57(99)75-35(7-4-18-71-62(68)69)51(93)80-42-28-108-109-64(2,3)49(82-46(89)25-66)59(101)81-41(56(98)83-48)27-107-106-26-40(55(97)78-39(61(103)104)22-30-10-13-32(86)14-11-30)79-52(94)36(15-17-45(67)88)74-53(95)37(23-31-12-16-44(87)33(65)21-31)76-50(92)34(73-54(42)96)8-5-19-72-63(70)105/h10-14,16,21,29,34-43,48-49,85-87H,4-9,15,17-20,22-28,66H2,1-3H3,(H2,67,88)(H,73,96)(H,74,95)(H,75,99)(H,76,92)(H,77,100)(H,78,97)(H,79,94)(H,80,93)(H,81,101)(H,82,89)(H,83,98)(H,90,91)(H,103,104)(H4,68,69,71)(H3,70,72,105)/t29-,34+,35+,36+,37+,38+,39+,40+,41+,42+,43+,48+,49+/m1/s1. The number of carboxylic acids is 2. The van der Waals surface area contributed by atoms with E-state index >= 15 is 24.0 Å². The number of guanidine groups is 1. The lowest BCUT2D eigenvalue weighted by atomic mass is 10.0. The van der Waals surface area contributed by atoms with Crippen molar-refractivity contribution < 1.29 is 102 Å². The maximum Gasteiger partial charge on any atom is 0.326 e. The van der Waals surface area contributed by atoms with Crippen LogP contribution in [0.25, 0.3) is 0 Å². The summed E-state index contributed by atoms with van der Waals surface area (Å²) in [7, 11) is 3.00. The quantitative estimate of drug-likeness (QED) is 0.0162. The summed E-state index contributed by atoms with van der Waals surface area (Å²) >= 11 is 1.79. The number of nitrogens with two attached hydrogens (primary N) is 4. The van der Waals surface area contributed by atoms with Gasteiger partial charge in [0.15, 0.2) is 5.96 Å². The number of amides is 15. The minimum absolute atomic E-state index is 0.0301. The summed E-state index contributed by atoms with van der Waals surface area (Å²) < 4.78 is -1.34. The molecule has 3 saturated heterocycles. The SMILES string of the molecule is C[C@@H](O)[C@@H]1NC(=O)[C@@H]2CSSC[C@@H](C(=O)N[C@@H](Cc3ccc(O)cc3)C(=O)O)NC(=O)[C@H](CCC(N)=O)NC(=O)[C@H](Cc3ccc(O)c(I)c3)NC(=O)[C@H](CCCNC(N)=O)NC(=O)[C@H](CSSC(C)(C)[C@@H](NC(=O)CN)C(=O)N2)NC(=O)[C@H](CCCNC(=N)N)NC(=O)[C@@H]2CCCN2C(=O)[C@H](CC(=O)O)NC1=O. The van der Waals surface area contributed by atoms with E-state index in [0.717, 1.165) is 33.4 Å². The third kappa shape index (κ3) is 29.5. The number of aliphatic carboxylic acids is 2. The topological polar surface area (TPSA) is 662 Å². The number of nitrogens with zero attached hydrogens (tertiary/aromatic N) is 1. The number of aliphatic hydroxyl groups is 1. The highest BCUT2D eigenvalue weighted by atomic mass is 127. The van der Waals surface area contributed by atoms with Crippen molar-refractivity contribution in [2.24, 2.45) is 22.9 Å². The van der Waals surface area contributed by atoms with Crippen LogP contribution in [0.4, 0.5) is 4.79 Å². The third-order valence-electron chi connectivity index (χ3n) is 16.9. The molecule has 109 heavy (non-hydrogen) atoms. The van der Waals surface area contributed by atoms with E-state index in [2.05, 4.69) is 69.1 Å². The lowest BCUT2D eigenvalue weighted by molar-refractivity contribution is -0.146. The van der Waals surface area contributed by atoms with Crippen molar-refractivity contribution >= 4 is 166 Å². The number of benzene rings is 2. The van der Waals surface area contributed by atoms with Crippen LogP contribution in [0.3, 0.4) is 0 Å². The maximum atomic E-state index is 15.3. The fraction of sp³-hybridized carbons (Fsp3) is 0.547.